The molecule has 18 atom stereocenters. The predicted octanol–water partition coefficient (Wildman–Crippen LogP) is 2.64. The molecule has 0 aromatic rings. The van der Waals surface area contributed by atoms with Gasteiger partial charge >= 0.3 is 5.97 Å². The number of likely N-dealkylation sites (N-methyl/N-ethyl adjacent to an activating group) is 1. The van der Waals surface area contributed by atoms with Crippen molar-refractivity contribution in [2.24, 2.45) is 17.8 Å². The number of ether oxygens (including phenoxy) is 7. The van der Waals surface area contributed by atoms with Crippen LogP contribution >= 0.6 is 0 Å². The van der Waals surface area contributed by atoms with Gasteiger partial charge in [0.25, 0.3) is 0 Å². The van der Waals surface area contributed by atoms with E-state index in [0.717, 1.165) is 5.57 Å². The largest absolute Gasteiger partial charge is 0.489 e. The van der Waals surface area contributed by atoms with Gasteiger partial charge in [0.15, 0.2) is 18.7 Å². The fourth-order valence-electron chi connectivity index (χ4n) is 9.05. The lowest BCUT2D eigenvalue weighted by Gasteiger charge is -2.49. The van der Waals surface area contributed by atoms with Crippen LogP contribution in [0.3, 0.4) is 0 Å². The summed E-state index contributed by atoms with van der Waals surface area (Å²) in [5.41, 5.74) is -3.45. The first-order chi connectivity index (χ1) is 24.4. The number of hydrogen-bond acceptors (Lipinski definition) is 14. The van der Waals surface area contributed by atoms with E-state index in [0.29, 0.717) is 18.6 Å². The van der Waals surface area contributed by atoms with Crippen molar-refractivity contribution in [3.63, 3.8) is 0 Å². The van der Waals surface area contributed by atoms with Gasteiger partial charge in [0.1, 0.15) is 35.3 Å². The Labute approximate surface area is 316 Å². The summed E-state index contributed by atoms with van der Waals surface area (Å²) in [6, 6.07) is -0.128. The lowest BCUT2D eigenvalue weighted by atomic mass is 9.78. The molecule has 0 radical (unpaired) electrons. The Bertz CT molecular complexity index is 1290. The molecule has 0 saturated carbocycles. The van der Waals surface area contributed by atoms with Crippen molar-refractivity contribution in [3.8, 4) is 0 Å². The van der Waals surface area contributed by atoms with Crippen LogP contribution in [0.5, 0.6) is 0 Å². The lowest BCUT2D eigenvalue weighted by Crippen LogP contribution is -2.61. The molecule has 14 heteroatoms. The van der Waals surface area contributed by atoms with E-state index in [1.54, 1.807) is 27.7 Å². The molecular weight excluding hydrogens is 690 g/mol. The van der Waals surface area contributed by atoms with Crippen molar-refractivity contribution in [1.82, 2.24) is 4.90 Å². The molecule has 1 unspecified atom stereocenters. The van der Waals surface area contributed by atoms with Crippen molar-refractivity contribution in [2.75, 3.05) is 14.2 Å². The molecule has 0 aromatic heterocycles. The molecule has 3 fully saturated rings. The highest BCUT2D eigenvalue weighted by atomic mass is 16.7. The molecule has 4 aliphatic heterocycles. The monoisotopic (exact) mass is 759 g/mol. The molecule has 4 rings (SSSR count). The predicted molar refractivity (Wildman–Crippen MR) is 194 cm³/mol. The summed E-state index contributed by atoms with van der Waals surface area (Å²) >= 11 is 0. The average Bonchev–Trinajstić information content (AvgIpc) is 3.40. The summed E-state index contributed by atoms with van der Waals surface area (Å²) in [4.78, 5) is 16.3. The summed E-state index contributed by atoms with van der Waals surface area (Å²) in [6.07, 6.45) is -10.2. The average molecular weight is 760 g/mol. The Morgan fingerprint density at radius 1 is 0.943 bits per heavy atom. The van der Waals surface area contributed by atoms with Crippen LogP contribution in [0.4, 0.5) is 0 Å². The number of aliphatic hydroxyl groups excluding tert-OH is 4. The normalized spacial score (nSPS) is 48.1. The van der Waals surface area contributed by atoms with Crippen molar-refractivity contribution in [2.45, 2.75) is 199 Å². The van der Waals surface area contributed by atoms with Crippen LogP contribution in [-0.4, -0.2) is 147 Å². The Kier molecular flexibility index (Phi) is 13.9. The highest BCUT2D eigenvalue weighted by Gasteiger charge is 2.57. The molecule has 308 valence electrons. The minimum atomic E-state index is -2.10. The minimum absolute atomic E-state index is 0.129. The van der Waals surface area contributed by atoms with E-state index in [1.807, 2.05) is 34.7 Å². The fraction of sp³-hybridized carbons (Fsp3) is 0.923. The molecule has 53 heavy (non-hydrogen) atoms. The molecular formula is C39H69NO13. The maximum Gasteiger partial charge on any atom is 0.311 e. The zero-order chi connectivity index (χ0) is 40.1. The van der Waals surface area contributed by atoms with Gasteiger partial charge in [-0.25, -0.2) is 0 Å². The Morgan fingerprint density at radius 2 is 1.57 bits per heavy atom. The maximum atomic E-state index is 14.2. The number of nitrogens with zero attached hydrogens (tertiary/aromatic N) is 1. The number of rotatable bonds is 8. The van der Waals surface area contributed by atoms with Crippen molar-refractivity contribution >= 4 is 5.97 Å². The van der Waals surface area contributed by atoms with Crippen molar-refractivity contribution < 1.29 is 63.5 Å². The number of methoxy groups -OCH3 is 1. The summed E-state index contributed by atoms with van der Waals surface area (Å²) in [5.74, 6) is -2.89. The van der Waals surface area contributed by atoms with Crippen LogP contribution in [0, 0.1) is 17.8 Å². The number of carbonyl (C=O) groups excluding carboxylic acids is 1. The molecule has 14 nitrogen and oxygen atoms in total. The highest BCUT2D eigenvalue weighted by Crippen LogP contribution is 2.47. The van der Waals surface area contributed by atoms with Crippen LogP contribution in [-0.2, 0) is 38.0 Å². The van der Waals surface area contributed by atoms with Gasteiger partial charge in [-0.1, -0.05) is 13.8 Å². The molecule has 0 amide bonds. The number of carbonyl (C=O) groups is 1. The number of fused-ring (bicyclic) bond motifs is 2. The maximum absolute atomic E-state index is 14.2. The number of aliphatic hydroxyl groups is 5. The third-order valence-corrected chi connectivity index (χ3v) is 12.6. The molecule has 2 bridgehead atoms. The van der Waals surface area contributed by atoms with Crippen LogP contribution < -0.4 is 0 Å². The Morgan fingerprint density at radius 3 is 2.13 bits per heavy atom. The minimum Gasteiger partial charge on any atom is -0.489 e. The Balaban J connectivity index is 1.86. The van der Waals surface area contributed by atoms with Crippen molar-refractivity contribution in [3.05, 3.63) is 11.3 Å². The number of esters is 1. The van der Waals surface area contributed by atoms with Gasteiger partial charge in [0, 0.05) is 43.9 Å². The molecule has 4 heterocycles. The van der Waals surface area contributed by atoms with Gasteiger partial charge in [0.2, 0.25) is 0 Å². The first-order valence-corrected chi connectivity index (χ1v) is 19.3. The molecule has 4 aliphatic rings. The zero-order valence-corrected chi connectivity index (χ0v) is 34.3. The molecule has 0 aromatic carbocycles. The second-order valence-corrected chi connectivity index (χ2v) is 17.4. The van der Waals surface area contributed by atoms with E-state index in [4.69, 9.17) is 33.2 Å². The molecule has 0 aliphatic carbocycles. The van der Waals surface area contributed by atoms with Crippen molar-refractivity contribution in [1.29, 1.82) is 0 Å². The standard InChI is InChI=1S/C39H69NO13/c1-18(2)40(13)26-15-20(4)48-36(28(26)42)52-33-22(6)30(50-27-17-37(10,47-14)32(44)25(9)49-27)23(7)35(45)51-34(24(8)41)39(12,46)31(43)21(5)29-19(3)16-38(33,11)53-29/h18,20-28,30-34,36,41-44,46H,15-17H2,1-14H3/t20-,21+,22+,23-,24?,25+,26+,27+,28-,30+,31-,32+,33-,34-,36+,37-,38-,39+/m1/s1. The van der Waals surface area contributed by atoms with Crippen LogP contribution in [0.15, 0.2) is 11.3 Å². The molecule has 5 N–H and O–H groups in total. The van der Waals surface area contributed by atoms with E-state index in [2.05, 4.69) is 18.7 Å². The molecule has 0 spiro atoms. The van der Waals surface area contributed by atoms with E-state index >= 15 is 0 Å². The first-order valence-electron chi connectivity index (χ1n) is 19.3. The second-order valence-electron chi connectivity index (χ2n) is 17.4. The summed E-state index contributed by atoms with van der Waals surface area (Å²) in [7, 11) is 3.47. The quantitative estimate of drug-likeness (QED) is 0.228. The van der Waals surface area contributed by atoms with Crippen LogP contribution in [0.1, 0.15) is 102 Å². The van der Waals surface area contributed by atoms with Gasteiger partial charge in [0.05, 0.1) is 42.0 Å². The van der Waals surface area contributed by atoms with Gasteiger partial charge in [-0.3, -0.25) is 9.69 Å². The first kappa shape index (κ1) is 44.3. The SMILES string of the molecule is CO[C@]1(C)C[C@H](O[C@H]2[C@H](C)[C@@H](O[C@@H]3O[C@H](C)C[C@H](N(C)C(C)C)[C@H]3O)[C@@]3(C)CC(C)=C(O3)[C@H](C)[C@@H](O)[C@](C)(O)[C@@H](C(C)O)OC(=O)[C@@H]2C)O[C@@H](C)[C@@H]1O. The van der Waals surface area contributed by atoms with E-state index < -0.39 is 102 Å². The lowest BCUT2D eigenvalue weighted by molar-refractivity contribution is -0.317. The number of cyclic esters (lactones) is 1. The van der Waals surface area contributed by atoms with Crippen LogP contribution in [0.25, 0.3) is 0 Å². The third kappa shape index (κ3) is 8.78. The van der Waals surface area contributed by atoms with E-state index in [9.17, 15) is 30.3 Å². The summed E-state index contributed by atoms with van der Waals surface area (Å²) < 4.78 is 44.6. The number of hydrogen-bond donors (Lipinski definition) is 5. The van der Waals surface area contributed by atoms with Gasteiger partial charge in [-0.15, -0.1) is 0 Å². The zero-order valence-electron chi connectivity index (χ0n) is 34.3. The highest BCUT2D eigenvalue weighted by molar-refractivity contribution is 5.73. The smallest absolute Gasteiger partial charge is 0.311 e. The topological polar surface area (TPSA) is 186 Å². The van der Waals surface area contributed by atoms with E-state index in [1.165, 1.54) is 21.0 Å². The van der Waals surface area contributed by atoms with Gasteiger partial charge < -0.3 is 58.7 Å². The van der Waals surface area contributed by atoms with Gasteiger partial charge in [-0.2, -0.15) is 0 Å². The van der Waals surface area contributed by atoms with Gasteiger partial charge in [-0.05, 0) is 88.3 Å². The van der Waals surface area contributed by atoms with E-state index in [-0.39, 0.29) is 24.6 Å². The fourth-order valence-corrected chi connectivity index (χ4v) is 9.05. The molecule has 3 saturated heterocycles. The third-order valence-electron chi connectivity index (χ3n) is 12.6. The Hall–Kier alpha value is -1.43. The summed E-state index contributed by atoms with van der Waals surface area (Å²) in [6.45, 7) is 21.2. The van der Waals surface area contributed by atoms with Crippen LogP contribution in [0.2, 0.25) is 0 Å². The second kappa shape index (κ2) is 16.6. The summed E-state index contributed by atoms with van der Waals surface area (Å²) in [5, 5.41) is 57.1.